The lowest BCUT2D eigenvalue weighted by Gasteiger charge is -2.09. The van der Waals surface area contributed by atoms with E-state index in [1.165, 1.54) is 11.8 Å². The fraction of sp³-hybridized carbons (Fsp3) is 0.0588. The smallest absolute Gasteiger partial charge is 0.253 e. The van der Waals surface area contributed by atoms with Crippen molar-refractivity contribution >= 4 is 46.6 Å². The number of halogens is 3. The predicted octanol–water partition coefficient (Wildman–Crippen LogP) is 6.17. The van der Waals surface area contributed by atoms with Gasteiger partial charge in [-0.25, -0.2) is 9.97 Å². The topological polar surface area (TPSA) is 35.0 Å². The minimum absolute atomic E-state index is 0.215. The fourth-order valence-corrected chi connectivity index (χ4v) is 3.31. The Kier molecular flexibility index (Phi) is 5.85. The standard InChI is InChI=1S/C17H11Cl3N2OS/c18-12-7-4-8-13(15(12)19)24-14-9-21-16(20)17(22-14)23-10-11-5-2-1-3-6-11/h1-9H,10H2. The van der Waals surface area contributed by atoms with Crippen molar-refractivity contribution in [2.75, 3.05) is 0 Å². The second-order valence-electron chi connectivity index (χ2n) is 4.73. The van der Waals surface area contributed by atoms with Crippen LogP contribution >= 0.6 is 46.6 Å². The molecule has 0 N–H and O–H groups in total. The van der Waals surface area contributed by atoms with Gasteiger partial charge in [-0.15, -0.1) is 0 Å². The number of hydrogen-bond donors (Lipinski definition) is 0. The summed E-state index contributed by atoms with van der Waals surface area (Å²) in [5.74, 6) is 0.281. The van der Waals surface area contributed by atoms with Crippen LogP contribution in [0.15, 0.2) is 64.6 Å². The van der Waals surface area contributed by atoms with Crippen LogP contribution in [0.4, 0.5) is 0 Å². The van der Waals surface area contributed by atoms with E-state index in [9.17, 15) is 0 Å². The van der Waals surface area contributed by atoms with Crippen molar-refractivity contribution in [2.45, 2.75) is 16.5 Å². The third-order valence-electron chi connectivity index (χ3n) is 3.03. The Morgan fingerprint density at radius 3 is 2.54 bits per heavy atom. The SMILES string of the molecule is Clc1cccc(Sc2cnc(Cl)c(OCc3ccccc3)n2)c1Cl. The highest BCUT2D eigenvalue weighted by Crippen LogP contribution is 2.37. The molecule has 0 spiro atoms. The van der Waals surface area contributed by atoms with E-state index in [0.29, 0.717) is 21.7 Å². The zero-order valence-electron chi connectivity index (χ0n) is 12.2. The number of benzene rings is 2. The maximum absolute atomic E-state index is 6.20. The van der Waals surface area contributed by atoms with Gasteiger partial charge in [0.15, 0.2) is 5.15 Å². The van der Waals surface area contributed by atoms with Gasteiger partial charge in [0.25, 0.3) is 5.88 Å². The number of ether oxygens (including phenoxy) is 1. The van der Waals surface area contributed by atoms with Crippen LogP contribution in [0.5, 0.6) is 5.88 Å². The molecule has 3 rings (SSSR count). The van der Waals surface area contributed by atoms with E-state index in [0.717, 1.165) is 10.5 Å². The van der Waals surface area contributed by atoms with Gasteiger partial charge in [-0.3, -0.25) is 0 Å². The molecule has 0 aliphatic carbocycles. The highest BCUT2D eigenvalue weighted by atomic mass is 35.5. The first kappa shape index (κ1) is 17.4. The summed E-state index contributed by atoms with van der Waals surface area (Å²) in [4.78, 5) is 9.31. The van der Waals surface area contributed by atoms with Crippen molar-refractivity contribution in [3.63, 3.8) is 0 Å². The quantitative estimate of drug-likeness (QED) is 0.516. The van der Waals surface area contributed by atoms with Crippen molar-refractivity contribution in [3.8, 4) is 5.88 Å². The monoisotopic (exact) mass is 396 g/mol. The molecule has 0 bridgehead atoms. The molecule has 0 aliphatic heterocycles. The molecule has 1 aromatic heterocycles. The Hall–Kier alpha value is -1.46. The fourth-order valence-electron chi connectivity index (χ4n) is 1.88. The Morgan fingerprint density at radius 2 is 1.75 bits per heavy atom. The first-order valence-corrected chi connectivity index (χ1v) is 8.89. The molecule has 3 aromatic rings. The van der Waals surface area contributed by atoms with Gasteiger partial charge in [-0.1, -0.05) is 83.0 Å². The van der Waals surface area contributed by atoms with E-state index in [-0.39, 0.29) is 11.0 Å². The maximum atomic E-state index is 6.20. The minimum Gasteiger partial charge on any atom is -0.471 e. The van der Waals surface area contributed by atoms with Gasteiger partial charge < -0.3 is 4.74 Å². The summed E-state index contributed by atoms with van der Waals surface area (Å²) in [6, 6.07) is 15.2. The summed E-state index contributed by atoms with van der Waals surface area (Å²) in [5.41, 5.74) is 1.02. The summed E-state index contributed by atoms with van der Waals surface area (Å²) < 4.78 is 5.68. The largest absolute Gasteiger partial charge is 0.471 e. The average Bonchev–Trinajstić information content (AvgIpc) is 2.60. The molecule has 0 fully saturated rings. The van der Waals surface area contributed by atoms with Crippen molar-refractivity contribution in [1.29, 1.82) is 0 Å². The summed E-state index contributed by atoms with van der Waals surface area (Å²) in [5, 5.41) is 1.80. The lowest BCUT2D eigenvalue weighted by atomic mass is 10.2. The summed E-state index contributed by atoms with van der Waals surface area (Å²) in [6.45, 7) is 0.362. The van der Waals surface area contributed by atoms with Crippen LogP contribution < -0.4 is 4.74 Å². The van der Waals surface area contributed by atoms with Gasteiger partial charge in [0.2, 0.25) is 0 Å². The van der Waals surface area contributed by atoms with Crippen LogP contribution in [-0.4, -0.2) is 9.97 Å². The first-order chi connectivity index (χ1) is 11.6. The van der Waals surface area contributed by atoms with Gasteiger partial charge in [0.1, 0.15) is 11.6 Å². The van der Waals surface area contributed by atoms with E-state index < -0.39 is 0 Å². The number of aromatic nitrogens is 2. The van der Waals surface area contributed by atoms with Crippen LogP contribution in [0.1, 0.15) is 5.56 Å². The highest BCUT2D eigenvalue weighted by molar-refractivity contribution is 7.99. The molecule has 24 heavy (non-hydrogen) atoms. The van der Waals surface area contributed by atoms with Gasteiger partial charge >= 0.3 is 0 Å². The zero-order chi connectivity index (χ0) is 16.9. The van der Waals surface area contributed by atoms with E-state index in [1.54, 1.807) is 12.3 Å². The molecule has 7 heteroatoms. The Labute approximate surface area is 158 Å². The molecule has 0 saturated carbocycles. The second kappa shape index (κ2) is 8.08. The van der Waals surface area contributed by atoms with Crippen molar-refractivity contribution < 1.29 is 4.74 Å². The lowest BCUT2D eigenvalue weighted by Crippen LogP contribution is -1.99. The number of nitrogens with zero attached hydrogens (tertiary/aromatic N) is 2. The van der Waals surface area contributed by atoms with Crippen LogP contribution in [0, 0.1) is 0 Å². The number of hydrogen-bond acceptors (Lipinski definition) is 4. The zero-order valence-corrected chi connectivity index (χ0v) is 15.3. The molecule has 122 valence electrons. The normalized spacial score (nSPS) is 10.6. The summed E-state index contributed by atoms with van der Waals surface area (Å²) >= 11 is 19.6. The summed E-state index contributed by atoms with van der Waals surface area (Å²) in [6.07, 6.45) is 1.57. The molecule has 0 unspecified atom stereocenters. The minimum atomic E-state index is 0.215. The summed E-state index contributed by atoms with van der Waals surface area (Å²) in [7, 11) is 0. The molecular weight excluding hydrogens is 387 g/mol. The average molecular weight is 398 g/mol. The van der Waals surface area contributed by atoms with Gasteiger partial charge in [0, 0.05) is 4.90 Å². The Bertz CT molecular complexity index is 846. The maximum Gasteiger partial charge on any atom is 0.253 e. The molecule has 3 nitrogen and oxygen atoms in total. The van der Waals surface area contributed by atoms with Gasteiger partial charge in [-0.2, -0.15) is 0 Å². The predicted molar refractivity (Wildman–Crippen MR) is 98.4 cm³/mol. The van der Waals surface area contributed by atoms with Crippen LogP contribution in [0.2, 0.25) is 15.2 Å². The Morgan fingerprint density at radius 1 is 0.958 bits per heavy atom. The third-order valence-corrected chi connectivity index (χ3v) is 5.18. The molecular formula is C17H11Cl3N2OS. The van der Waals surface area contributed by atoms with E-state index in [1.807, 2.05) is 42.5 Å². The first-order valence-electron chi connectivity index (χ1n) is 6.94. The van der Waals surface area contributed by atoms with E-state index in [4.69, 9.17) is 39.5 Å². The van der Waals surface area contributed by atoms with Crippen LogP contribution in [0.3, 0.4) is 0 Å². The van der Waals surface area contributed by atoms with Gasteiger partial charge in [-0.05, 0) is 17.7 Å². The third kappa shape index (κ3) is 4.33. The lowest BCUT2D eigenvalue weighted by molar-refractivity contribution is 0.290. The van der Waals surface area contributed by atoms with Crippen molar-refractivity contribution in [3.05, 3.63) is 75.5 Å². The highest BCUT2D eigenvalue weighted by Gasteiger charge is 2.11. The van der Waals surface area contributed by atoms with Crippen LogP contribution in [-0.2, 0) is 6.61 Å². The second-order valence-corrected chi connectivity index (χ2v) is 6.94. The van der Waals surface area contributed by atoms with Crippen molar-refractivity contribution in [2.24, 2.45) is 0 Å². The number of rotatable bonds is 5. The van der Waals surface area contributed by atoms with E-state index in [2.05, 4.69) is 9.97 Å². The molecule has 2 aromatic carbocycles. The molecule has 0 radical (unpaired) electrons. The van der Waals surface area contributed by atoms with Crippen LogP contribution in [0.25, 0.3) is 0 Å². The Balaban J connectivity index is 1.77. The van der Waals surface area contributed by atoms with Gasteiger partial charge in [0.05, 0.1) is 16.2 Å². The molecule has 0 saturated heterocycles. The molecule has 0 atom stereocenters. The molecule has 0 aliphatic rings. The molecule has 1 heterocycles. The molecule has 0 amide bonds. The van der Waals surface area contributed by atoms with E-state index >= 15 is 0 Å². The van der Waals surface area contributed by atoms with Crippen molar-refractivity contribution in [1.82, 2.24) is 9.97 Å².